The van der Waals surface area contributed by atoms with Gasteiger partial charge in [-0.3, -0.25) is 0 Å². The van der Waals surface area contributed by atoms with Crippen LogP contribution in [-0.4, -0.2) is 11.2 Å². The van der Waals surface area contributed by atoms with Crippen LogP contribution in [0, 0.1) is 0 Å². The lowest BCUT2D eigenvalue weighted by Crippen LogP contribution is -2.14. The highest BCUT2D eigenvalue weighted by atomic mass is 79.9. The summed E-state index contributed by atoms with van der Waals surface area (Å²) in [5, 5.41) is 12.8. The predicted octanol–water partition coefficient (Wildman–Crippen LogP) is 4.75. The van der Waals surface area contributed by atoms with Gasteiger partial charge in [0.25, 0.3) is 0 Å². The van der Waals surface area contributed by atoms with E-state index in [2.05, 4.69) is 46.3 Å². The van der Waals surface area contributed by atoms with E-state index in [1.807, 2.05) is 36.4 Å². The first-order valence-electron chi connectivity index (χ1n) is 7.11. The van der Waals surface area contributed by atoms with Gasteiger partial charge in [-0.1, -0.05) is 76.6 Å². The average Bonchev–Trinajstić information content (AvgIpc) is 2.49. The summed E-state index contributed by atoms with van der Waals surface area (Å²) in [5.41, 5.74) is 2.32. The number of rotatable bonds is 4. The summed E-state index contributed by atoms with van der Waals surface area (Å²) in [4.78, 5) is 0. The van der Waals surface area contributed by atoms with Gasteiger partial charge in [0.15, 0.2) is 0 Å². The molecule has 0 aromatic heterocycles. The predicted molar refractivity (Wildman–Crippen MR) is 91.5 cm³/mol. The second kappa shape index (κ2) is 6.42. The number of aliphatic hydroxyl groups is 1. The van der Waals surface area contributed by atoms with Gasteiger partial charge in [-0.2, -0.15) is 0 Å². The van der Waals surface area contributed by atoms with Crippen LogP contribution in [0.1, 0.15) is 11.1 Å². The van der Waals surface area contributed by atoms with E-state index in [0.29, 0.717) is 12.8 Å². The Balaban J connectivity index is 1.74. The molecular weight excluding hydrogens is 324 g/mol. The Labute approximate surface area is 133 Å². The molecule has 3 aromatic rings. The maximum Gasteiger partial charge on any atom is 0.0621 e. The van der Waals surface area contributed by atoms with Crippen LogP contribution in [-0.2, 0) is 12.8 Å². The Morgan fingerprint density at radius 3 is 2.33 bits per heavy atom. The van der Waals surface area contributed by atoms with Gasteiger partial charge in [-0.25, -0.2) is 0 Å². The molecule has 0 radical (unpaired) electrons. The van der Waals surface area contributed by atoms with Crippen LogP contribution < -0.4 is 0 Å². The third-order valence-electron chi connectivity index (χ3n) is 3.70. The van der Waals surface area contributed by atoms with Crippen LogP contribution in [0.5, 0.6) is 0 Å². The number of hydrogen-bond acceptors (Lipinski definition) is 1. The Hall–Kier alpha value is -1.64. The first-order valence-corrected chi connectivity index (χ1v) is 7.91. The van der Waals surface area contributed by atoms with Crippen molar-refractivity contribution in [2.75, 3.05) is 0 Å². The molecule has 0 aliphatic rings. The SMILES string of the molecule is OC(Cc1ccc2ccccc2c1)Cc1ccccc1Br. The molecule has 1 unspecified atom stereocenters. The number of hydrogen-bond donors (Lipinski definition) is 1. The molecule has 0 saturated heterocycles. The highest BCUT2D eigenvalue weighted by Crippen LogP contribution is 2.20. The van der Waals surface area contributed by atoms with E-state index in [9.17, 15) is 5.11 Å². The van der Waals surface area contributed by atoms with Crippen LogP contribution in [0.2, 0.25) is 0 Å². The Morgan fingerprint density at radius 1 is 0.810 bits per heavy atom. The molecule has 0 heterocycles. The fourth-order valence-corrected chi connectivity index (χ4v) is 3.07. The van der Waals surface area contributed by atoms with E-state index in [4.69, 9.17) is 0 Å². The Kier molecular flexibility index (Phi) is 4.37. The Bertz CT molecular complexity index is 751. The maximum absolute atomic E-state index is 10.3. The summed E-state index contributed by atoms with van der Waals surface area (Å²) < 4.78 is 1.06. The van der Waals surface area contributed by atoms with Gasteiger partial charge in [0.05, 0.1) is 6.10 Å². The quantitative estimate of drug-likeness (QED) is 0.726. The van der Waals surface area contributed by atoms with Gasteiger partial charge in [-0.15, -0.1) is 0 Å². The fraction of sp³-hybridized carbons (Fsp3) is 0.158. The molecule has 0 saturated carbocycles. The minimum absolute atomic E-state index is 0.370. The third-order valence-corrected chi connectivity index (χ3v) is 4.47. The smallest absolute Gasteiger partial charge is 0.0621 e. The lowest BCUT2D eigenvalue weighted by Gasteiger charge is -2.12. The lowest BCUT2D eigenvalue weighted by molar-refractivity contribution is 0.175. The second-order valence-electron chi connectivity index (χ2n) is 5.33. The van der Waals surface area contributed by atoms with E-state index in [0.717, 1.165) is 10.0 Å². The molecule has 1 nitrogen and oxygen atoms in total. The molecule has 0 bridgehead atoms. The molecule has 2 heteroatoms. The second-order valence-corrected chi connectivity index (χ2v) is 6.19. The van der Waals surface area contributed by atoms with Gasteiger partial charge in [0.1, 0.15) is 0 Å². The van der Waals surface area contributed by atoms with Crippen LogP contribution >= 0.6 is 15.9 Å². The molecule has 0 aliphatic carbocycles. The number of benzene rings is 3. The van der Waals surface area contributed by atoms with Crippen molar-refractivity contribution in [2.24, 2.45) is 0 Å². The molecule has 1 N–H and O–H groups in total. The standard InChI is InChI=1S/C19H17BrO/c20-19-8-4-3-7-17(19)13-18(21)12-14-9-10-15-5-1-2-6-16(15)11-14/h1-11,18,21H,12-13H2. The van der Waals surface area contributed by atoms with Gasteiger partial charge < -0.3 is 5.11 Å². The van der Waals surface area contributed by atoms with Crippen molar-refractivity contribution >= 4 is 26.7 Å². The van der Waals surface area contributed by atoms with Crippen LogP contribution in [0.4, 0.5) is 0 Å². The molecule has 21 heavy (non-hydrogen) atoms. The normalized spacial score (nSPS) is 12.5. The molecule has 0 aliphatic heterocycles. The fourth-order valence-electron chi connectivity index (χ4n) is 2.63. The first-order chi connectivity index (χ1) is 10.2. The van der Waals surface area contributed by atoms with Crippen molar-refractivity contribution in [2.45, 2.75) is 18.9 Å². The number of halogens is 1. The number of fused-ring (bicyclic) bond motifs is 1. The number of aliphatic hydroxyl groups excluding tert-OH is 1. The highest BCUT2D eigenvalue weighted by molar-refractivity contribution is 9.10. The molecule has 0 spiro atoms. The molecule has 3 aromatic carbocycles. The lowest BCUT2D eigenvalue weighted by atomic mass is 9.99. The van der Waals surface area contributed by atoms with Crippen LogP contribution in [0.15, 0.2) is 71.2 Å². The van der Waals surface area contributed by atoms with Crippen molar-refractivity contribution in [3.63, 3.8) is 0 Å². The van der Waals surface area contributed by atoms with Crippen molar-refractivity contribution in [3.05, 3.63) is 82.3 Å². The molecule has 0 fully saturated rings. The van der Waals surface area contributed by atoms with Crippen molar-refractivity contribution < 1.29 is 5.11 Å². The largest absolute Gasteiger partial charge is 0.392 e. The summed E-state index contributed by atoms with van der Waals surface area (Å²) >= 11 is 3.53. The summed E-state index contributed by atoms with van der Waals surface area (Å²) in [6, 6.07) is 22.8. The van der Waals surface area contributed by atoms with Crippen LogP contribution in [0.25, 0.3) is 10.8 Å². The summed E-state index contributed by atoms with van der Waals surface area (Å²) in [5.74, 6) is 0. The van der Waals surface area contributed by atoms with E-state index in [1.165, 1.54) is 16.3 Å². The monoisotopic (exact) mass is 340 g/mol. The zero-order valence-electron chi connectivity index (χ0n) is 11.7. The minimum Gasteiger partial charge on any atom is -0.392 e. The van der Waals surface area contributed by atoms with E-state index >= 15 is 0 Å². The van der Waals surface area contributed by atoms with E-state index < -0.39 is 0 Å². The third kappa shape index (κ3) is 3.52. The Morgan fingerprint density at radius 2 is 1.52 bits per heavy atom. The van der Waals surface area contributed by atoms with Crippen LogP contribution in [0.3, 0.4) is 0 Å². The van der Waals surface area contributed by atoms with Gasteiger partial charge in [0.2, 0.25) is 0 Å². The highest BCUT2D eigenvalue weighted by Gasteiger charge is 2.09. The summed E-state index contributed by atoms with van der Waals surface area (Å²) in [6.07, 6.45) is 0.963. The van der Waals surface area contributed by atoms with Crippen molar-refractivity contribution in [1.29, 1.82) is 0 Å². The topological polar surface area (TPSA) is 20.2 Å². The zero-order valence-corrected chi connectivity index (χ0v) is 13.3. The zero-order chi connectivity index (χ0) is 14.7. The van der Waals surface area contributed by atoms with Gasteiger partial charge in [0, 0.05) is 4.47 Å². The van der Waals surface area contributed by atoms with Crippen molar-refractivity contribution in [3.8, 4) is 0 Å². The summed E-state index contributed by atoms with van der Waals surface area (Å²) in [6.45, 7) is 0. The van der Waals surface area contributed by atoms with Gasteiger partial charge in [-0.05, 0) is 40.8 Å². The summed E-state index contributed by atoms with van der Waals surface area (Å²) in [7, 11) is 0. The molecule has 3 rings (SSSR count). The molecule has 106 valence electrons. The van der Waals surface area contributed by atoms with Gasteiger partial charge >= 0.3 is 0 Å². The van der Waals surface area contributed by atoms with E-state index in [-0.39, 0.29) is 6.10 Å². The molecule has 1 atom stereocenters. The molecular formula is C19H17BrO. The molecule has 0 amide bonds. The van der Waals surface area contributed by atoms with Crippen molar-refractivity contribution in [1.82, 2.24) is 0 Å². The van der Waals surface area contributed by atoms with E-state index in [1.54, 1.807) is 0 Å². The minimum atomic E-state index is -0.370. The first kappa shape index (κ1) is 14.3. The average molecular weight is 341 g/mol. The maximum atomic E-state index is 10.3.